The summed E-state index contributed by atoms with van der Waals surface area (Å²) in [5, 5.41) is 17.6. The molecule has 0 saturated heterocycles. The Morgan fingerprint density at radius 2 is 0.939 bits per heavy atom. The van der Waals surface area contributed by atoms with E-state index < -0.39 is 16.8 Å². The zero-order valence-electron chi connectivity index (χ0n) is 33.1. The minimum atomic E-state index is -0.756. The topological polar surface area (TPSA) is 129 Å². The van der Waals surface area contributed by atoms with Crippen LogP contribution in [0.1, 0.15) is 141 Å². The largest absolute Gasteiger partial charge is 0.457 e. The Labute approximate surface area is 316 Å². The van der Waals surface area contributed by atoms with Gasteiger partial charge in [-0.3, -0.25) is 14.4 Å². The first kappa shape index (κ1) is 52.7. The van der Waals surface area contributed by atoms with Crippen LogP contribution < -0.4 is 0 Å². The number of carbonyl (C=O) groups is 3. The lowest BCUT2D eigenvalue weighted by Crippen LogP contribution is -2.51. The van der Waals surface area contributed by atoms with Crippen molar-refractivity contribution in [1.82, 2.24) is 0 Å². The molecule has 0 saturated carbocycles. The van der Waals surface area contributed by atoms with Crippen molar-refractivity contribution in [2.45, 2.75) is 164 Å². The highest BCUT2D eigenvalue weighted by atomic mass is 32.1. The van der Waals surface area contributed by atoms with Crippen molar-refractivity contribution in [2.24, 2.45) is 17.3 Å². The van der Waals surface area contributed by atoms with Gasteiger partial charge in [-0.2, -0.15) is 37.9 Å². The van der Waals surface area contributed by atoms with Gasteiger partial charge in [0.2, 0.25) is 0 Å². The second-order valence-corrected chi connectivity index (χ2v) is 16.9. The summed E-state index contributed by atoms with van der Waals surface area (Å²) in [4.78, 5) is 34.0. The summed E-state index contributed by atoms with van der Waals surface area (Å²) in [7, 11) is 0. The molecule has 1 atom stereocenters. The summed E-state index contributed by atoms with van der Waals surface area (Å²) in [6.45, 7) is 26.4. The fraction of sp³-hybridized carbons (Fsp3) is 0.919. The molecule has 0 heterocycles. The van der Waals surface area contributed by atoms with Gasteiger partial charge in [0.1, 0.15) is 16.8 Å². The lowest BCUT2D eigenvalue weighted by Gasteiger charge is -2.51. The van der Waals surface area contributed by atoms with Crippen molar-refractivity contribution in [3.05, 3.63) is 0 Å². The Balaban J connectivity index is -0.000000734. The van der Waals surface area contributed by atoms with Gasteiger partial charge in [-0.05, 0) is 117 Å². The molecule has 2 N–H and O–H groups in total. The predicted octanol–water partition coefficient (Wildman–Crippen LogP) is 7.93. The van der Waals surface area contributed by atoms with Gasteiger partial charge < -0.3 is 29.2 Å². The summed E-state index contributed by atoms with van der Waals surface area (Å²) in [5.41, 5.74) is -2.34. The summed E-state index contributed by atoms with van der Waals surface area (Å²) in [5.74, 6) is 2.44. The molecule has 0 radical (unpaired) electrons. The van der Waals surface area contributed by atoms with E-state index in [9.17, 15) is 14.4 Å². The lowest BCUT2D eigenvalue weighted by molar-refractivity contribution is -0.190. The molecule has 0 aliphatic heterocycles. The van der Waals surface area contributed by atoms with Crippen molar-refractivity contribution >= 4 is 55.8 Å². The third-order valence-electron chi connectivity index (χ3n) is 8.04. The average Bonchev–Trinajstić information content (AvgIpc) is 2.99. The third-order valence-corrected chi connectivity index (χ3v) is 8.99. The maximum absolute atomic E-state index is 11.9. The minimum absolute atomic E-state index is 0.0906. The molecule has 0 rings (SSSR count). The van der Waals surface area contributed by atoms with Crippen LogP contribution in [0, 0.1) is 17.3 Å². The summed E-state index contributed by atoms with van der Waals surface area (Å²) < 4.78 is 22.0. The average molecular weight is 759 g/mol. The quantitative estimate of drug-likeness (QED) is 0.0425. The van der Waals surface area contributed by atoms with E-state index in [1.165, 1.54) is 0 Å². The van der Waals surface area contributed by atoms with Gasteiger partial charge in [-0.25, -0.2) is 0 Å². The molecule has 0 aromatic carbocycles. The first-order valence-corrected chi connectivity index (χ1v) is 19.6. The van der Waals surface area contributed by atoms with Crippen molar-refractivity contribution in [3.63, 3.8) is 0 Å². The van der Waals surface area contributed by atoms with E-state index in [2.05, 4.69) is 86.4 Å². The molecule has 0 aromatic heterocycles. The smallest absolute Gasteiger partial charge is 0.306 e. The molecule has 0 spiro atoms. The van der Waals surface area contributed by atoms with Crippen LogP contribution in [-0.4, -0.2) is 87.6 Å². The number of carbonyl (C=O) groups excluding carboxylic acids is 3. The zero-order valence-corrected chi connectivity index (χ0v) is 35.8. The van der Waals surface area contributed by atoms with Crippen molar-refractivity contribution < 1.29 is 43.5 Å². The molecular formula is C37H74O9S3. The maximum atomic E-state index is 11.9. The fourth-order valence-corrected chi connectivity index (χ4v) is 5.70. The van der Waals surface area contributed by atoms with Crippen molar-refractivity contribution in [3.8, 4) is 0 Å². The van der Waals surface area contributed by atoms with E-state index in [4.69, 9.17) is 29.2 Å². The van der Waals surface area contributed by atoms with E-state index in [0.717, 1.165) is 19.3 Å². The molecule has 294 valence electrons. The Kier molecular flexibility index (Phi) is 28.1. The van der Waals surface area contributed by atoms with E-state index in [-0.39, 0.29) is 42.1 Å². The van der Waals surface area contributed by atoms with E-state index in [0.29, 0.717) is 67.8 Å². The SMILES string of the molecule is CC(C)(CO)OC(=O)CCCS.CC(C)(CO)OC(=O)CCCS.CCC(CC(C)C)(C(C)C)C(C)(C)OCC(C)(C)OC(=O)CCCS. The van der Waals surface area contributed by atoms with Crippen molar-refractivity contribution in [1.29, 1.82) is 0 Å². The van der Waals surface area contributed by atoms with Crippen molar-refractivity contribution in [2.75, 3.05) is 37.1 Å². The van der Waals surface area contributed by atoms with Crippen LogP contribution in [0.25, 0.3) is 0 Å². The first-order chi connectivity index (χ1) is 22.4. The molecule has 9 nitrogen and oxygen atoms in total. The van der Waals surface area contributed by atoms with Gasteiger partial charge in [-0.1, -0.05) is 34.6 Å². The molecule has 12 heteroatoms. The highest BCUT2D eigenvalue weighted by Gasteiger charge is 2.47. The van der Waals surface area contributed by atoms with Crippen LogP contribution >= 0.6 is 37.9 Å². The van der Waals surface area contributed by atoms with Gasteiger partial charge >= 0.3 is 17.9 Å². The normalized spacial score (nSPS) is 13.5. The van der Waals surface area contributed by atoms with E-state index >= 15 is 0 Å². The summed E-state index contributed by atoms with van der Waals surface area (Å²) in [6.07, 6.45) is 5.50. The molecule has 1 unspecified atom stereocenters. The summed E-state index contributed by atoms with van der Waals surface area (Å²) >= 11 is 12.1. The maximum Gasteiger partial charge on any atom is 0.306 e. The van der Waals surface area contributed by atoms with Gasteiger partial charge in [0.25, 0.3) is 0 Å². The molecule has 0 aliphatic rings. The lowest BCUT2D eigenvalue weighted by atomic mass is 9.60. The van der Waals surface area contributed by atoms with Gasteiger partial charge in [-0.15, -0.1) is 0 Å². The highest BCUT2D eigenvalue weighted by molar-refractivity contribution is 7.80. The first-order valence-electron chi connectivity index (χ1n) is 17.7. The molecule has 0 aromatic rings. The van der Waals surface area contributed by atoms with Crippen LogP contribution in [0.2, 0.25) is 0 Å². The highest BCUT2D eigenvalue weighted by Crippen LogP contribution is 2.49. The third kappa shape index (κ3) is 25.0. The molecule has 0 bridgehead atoms. The number of rotatable bonds is 22. The zero-order chi connectivity index (χ0) is 39.1. The van der Waals surface area contributed by atoms with Crippen LogP contribution in [0.3, 0.4) is 0 Å². The molecule has 0 aliphatic carbocycles. The van der Waals surface area contributed by atoms with Gasteiger partial charge in [0, 0.05) is 24.7 Å². The molecular weight excluding hydrogens is 685 g/mol. The van der Waals surface area contributed by atoms with Crippen LogP contribution in [0.4, 0.5) is 0 Å². The Morgan fingerprint density at radius 3 is 1.18 bits per heavy atom. The fourth-order valence-electron chi connectivity index (χ4n) is 5.22. The number of esters is 3. The van der Waals surface area contributed by atoms with E-state index in [1.807, 2.05) is 13.8 Å². The Morgan fingerprint density at radius 1 is 0.612 bits per heavy atom. The minimum Gasteiger partial charge on any atom is -0.457 e. The van der Waals surface area contributed by atoms with Gasteiger partial charge in [0.05, 0.1) is 25.4 Å². The number of aliphatic hydroxyl groups is 2. The predicted molar refractivity (Wildman–Crippen MR) is 211 cm³/mol. The second-order valence-electron chi connectivity index (χ2n) is 15.6. The van der Waals surface area contributed by atoms with Gasteiger partial charge in [0.15, 0.2) is 0 Å². The standard InChI is InChI=1S/C21H42O3S.2C8H16O3S/c1-10-21(17(4)5,14-16(2)3)20(8,9)23-15-19(6,7)24-18(22)12-11-13-25;2*1-8(2,6-9)11-7(10)4-3-5-12/h16-17,25H,10-15H2,1-9H3;2*9,12H,3-6H2,1-2H3. The Hall–Kier alpha value is -0.660. The second kappa shape index (κ2) is 26.2. The van der Waals surface area contributed by atoms with Crippen LogP contribution in [-0.2, 0) is 33.3 Å². The molecule has 49 heavy (non-hydrogen) atoms. The Bertz CT molecular complexity index is 872. The monoisotopic (exact) mass is 758 g/mol. The van der Waals surface area contributed by atoms with E-state index in [1.54, 1.807) is 27.7 Å². The van der Waals surface area contributed by atoms with Crippen LogP contribution in [0.15, 0.2) is 0 Å². The number of thiol groups is 3. The number of aliphatic hydroxyl groups excluding tert-OH is 2. The number of hydrogen-bond donors (Lipinski definition) is 5. The van der Waals surface area contributed by atoms with Crippen LogP contribution in [0.5, 0.6) is 0 Å². The number of hydrogen-bond acceptors (Lipinski definition) is 12. The molecule has 0 fully saturated rings. The summed E-state index contributed by atoms with van der Waals surface area (Å²) in [6, 6.07) is 0. The molecule has 0 amide bonds. The number of ether oxygens (including phenoxy) is 4.